The van der Waals surface area contributed by atoms with Crippen molar-refractivity contribution in [3.05, 3.63) is 74.6 Å². The SMILES string of the molecule is C=CCCCCCCC1=[C-]C=CC1.[C-]1=CC=CC1.[CH2-]CCC.[CH2-]CCC.[Hf+4]. The van der Waals surface area contributed by atoms with Crippen LogP contribution in [0.15, 0.2) is 48.6 Å². The van der Waals surface area contributed by atoms with Crippen molar-refractivity contribution in [3.63, 3.8) is 0 Å². The zero-order valence-corrected chi connectivity index (χ0v) is 21.7. The molecule has 0 unspecified atom stereocenters. The smallest absolute Gasteiger partial charge is 0.343 e. The van der Waals surface area contributed by atoms with Crippen molar-refractivity contribution in [1.82, 2.24) is 0 Å². The molecule has 0 spiro atoms. The Bertz CT molecular complexity index is 367. The Balaban J connectivity index is -0.000000340. The Morgan fingerprint density at radius 3 is 2.04 bits per heavy atom. The van der Waals surface area contributed by atoms with Gasteiger partial charge in [-0.05, 0) is 12.8 Å². The first-order valence-corrected chi connectivity index (χ1v) is 10.4. The molecule has 0 nitrogen and oxygen atoms in total. The first-order valence-electron chi connectivity index (χ1n) is 10.4. The maximum atomic E-state index is 3.72. The Kier molecular flexibility index (Phi) is 35.1. The summed E-state index contributed by atoms with van der Waals surface area (Å²) in [5.41, 5.74) is 1.49. The van der Waals surface area contributed by atoms with E-state index in [9.17, 15) is 0 Å². The van der Waals surface area contributed by atoms with E-state index >= 15 is 0 Å². The van der Waals surface area contributed by atoms with Crippen LogP contribution in [-0.4, -0.2) is 0 Å². The van der Waals surface area contributed by atoms with Crippen LogP contribution < -0.4 is 0 Å². The molecular formula is C26H42Hf. The molecule has 0 amide bonds. The van der Waals surface area contributed by atoms with Crippen LogP contribution in [0.2, 0.25) is 0 Å². The van der Waals surface area contributed by atoms with Crippen molar-refractivity contribution in [2.75, 3.05) is 0 Å². The van der Waals surface area contributed by atoms with Gasteiger partial charge in [0.25, 0.3) is 0 Å². The van der Waals surface area contributed by atoms with Gasteiger partial charge in [0.1, 0.15) is 0 Å². The zero-order chi connectivity index (χ0) is 19.7. The summed E-state index contributed by atoms with van der Waals surface area (Å²) in [6.45, 7) is 15.2. The summed E-state index contributed by atoms with van der Waals surface area (Å²) >= 11 is 0. The molecule has 0 aromatic heterocycles. The number of rotatable bonds is 9. The van der Waals surface area contributed by atoms with E-state index in [4.69, 9.17) is 0 Å². The van der Waals surface area contributed by atoms with Crippen LogP contribution in [0.4, 0.5) is 0 Å². The zero-order valence-electron chi connectivity index (χ0n) is 18.1. The molecule has 0 saturated carbocycles. The van der Waals surface area contributed by atoms with Gasteiger partial charge in [-0.1, -0.05) is 64.9 Å². The normalized spacial score (nSPS) is 12.5. The van der Waals surface area contributed by atoms with Gasteiger partial charge in [-0.15, -0.1) is 13.0 Å². The standard InChI is InChI=1S/C13H19.C5H5.2C4H9.Hf/c1-2-3-4-5-6-7-10-13-11-8-9-12-13;1-2-4-5-3-1;2*1-3-4-2;/h2,8-9H,1,3-7,10-11H2;1-3H,4H2;2*1,3-4H2,2H3;/q4*-1;+4. The fraction of sp³-hybridized carbons (Fsp3) is 0.538. The Hall–Kier alpha value is -0.430. The van der Waals surface area contributed by atoms with Gasteiger partial charge in [0, 0.05) is 0 Å². The Morgan fingerprint density at radius 2 is 1.67 bits per heavy atom. The number of hydrogen-bond donors (Lipinski definition) is 0. The van der Waals surface area contributed by atoms with Crippen LogP contribution in [-0.2, 0) is 25.8 Å². The van der Waals surface area contributed by atoms with E-state index in [1.165, 1.54) is 56.9 Å². The predicted octanol–water partition coefficient (Wildman–Crippen LogP) is 8.75. The van der Waals surface area contributed by atoms with E-state index in [-0.39, 0.29) is 25.8 Å². The third-order valence-electron chi connectivity index (χ3n) is 3.70. The molecule has 0 saturated heterocycles. The Labute approximate surface area is 190 Å². The topological polar surface area (TPSA) is 0 Å². The van der Waals surface area contributed by atoms with E-state index in [1.807, 2.05) is 24.3 Å². The van der Waals surface area contributed by atoms with Crippen LogP contribution in [0.5, 0.6) is 0 Å². The first kappa shape index (κ1) is 31.3. The van der Waals surface area contributed by atoms with Crippen molar-refractivity contribution < 1.29 is 25.8 Å². The molecule has 0 radical (unpaired) electrons. The molecule has 0 aromatic carbocycles. The monoisotopic (exact) mass is 534 g/mol. The summed E-state index contributed by atoms with van der Waals surface area (Å²) in [7, 11) is 0. The van der Waals surface area contributed by atoms with Crippen LogP contribution in [0.3, 0.4) is 0 Å². The summed E-state index contributed by atoms with van der Waals surface area (Å²) < 4.78 is 0. The van der Waals surface area contributed by atoms with Gasteiger partial charge in [-0.3, -0.25) is 12.2 Å². The predicted molar refractivity (Wildman–Crippen MR) is 121 cm³/mol. The maximum absolute atomic E-state index is 3.72. The summed E-state index contributed by atoms with van der Waals surface area (Å²) in [5.74, 6) is 0. The summed E-state index contributed by atoms with van der Waals surface area (Å²) in [6.07, 6.45) is 33.0. The van der Waals surface area contributed by atoms with Gasteiger partial charge in [0.2, 0.25) is 0 Å². The van der Waals surface area contributed by atoms with Crippen molar-refractivity contribution in [3.8, 4) is 0 Å². The van der Waals surface area contributed by atoms with Crippen LogP contribution in [0.25, 0.3) is 0 Å². The minimum absolute atomic E-state index is 0. The second kappa shape index (κ2) is 30.3. The van der Waals surface area contributed by atoms with E-state index in [1.54, 1.807) is 0 Å². The molecule has 2 aliphatic carbocycles. The van der Waals surface area contributed by atoms with Crippen molar-refractivity contribution in [2.45, 2.75) is 90.9 Å². The average molecular weight is 533 g/mol. The van der Waals surface area contributed by atoms with Crippen LogP contribution in [0.1, 0.15) is 90.9 Å². The molecule has 0 aromatic rings. The van der Waals surface area contributed by atoms with Crippen molar-refractivity contribution in [2.24, 2.45) is 0 Å². The second-order valence-corrected chi connectivity index (χ2v) is 6.31. The summed E-state index contributed by atoms with van der Waals surface area (Å²) in [4.78, 5) is 0. The van der Waals surface area contributed by atoms with E-state index in [2.05, 4.69) is 58.6 Å². The number of allylic oxidation sites excluding steroid dienone is 9. The molecule has 27 heavy (non-hydrogen) atoms. The fourth-order valence-corrected chi connectivity index (χ4v) is 1.93. The molecule has 2 rings (SSSR count). The molecule has 0 fully saturated rings. The summed E-state index contributed by atoms with van der Waals surface area (Å²) in [5, 5.41) is 0. The average Bonchev–Trinajstić information content (AvgIpc) is 3.41. The quantitative estimate of drug-likeness (QED) is 0.120. The molecule has 1 heteroatoms. The molecule has 0 atom stereocenters. The van der Waals surface area contributed by atoms with Gasteiger partial charge in [0.15, 0.2) is 0 Å². The van der Waals surface area contributed by atoms with Crippen LogP contribution >= 0.6 is 0 Å². The fourth-order valence-electron chi connectivity index (χ4n) is 1.93. The van der Waals surface area contributed by atoms with Crippen molar-refractivity contribution >= 4 is 0 Å². The van der Waals surface area contributed by atoms with Gasteiger partial charge < -0.3 is 13.8 Å². The molecule has 0 heterocycles. The minimum atomic E-state index is 0. The van der Waals surface area contributed by atoms with Crippen LogP contribution in [0, 0.1) is 26.0 Å². The molecule has 150 valence electrons. The third-order valence-corrected chi connectivity index (χ3v) is 3.70. The largest absolute Gasteiger partial charge is 4.00 e. The van der Waals surface area contributed by atoms with E-state index < -0.39 is 0 Å². The van der Waals surface area contributed by atoms with Gasteiger partial charge in [-0.2, -0.15) is 24.5 Å². The van der Waals surface area contributed by atoms with E-state index in [0.29, 0.717) is 0 Å². The molecule has 0 bridgehead atoms. The summed E-state index contributed by atoms with van der Waals surface area (Å²) in [6, 6.07) is 0. The van der Waals surface area contributed by atoms with Gasteiger partial charge in [-0.25, -0.2) is 24.3 Å². The molecular weight excluding hydrogens is 491 g/mol. The molecule has 0 N–H and O–H groups in total. The van der Waals surface area contributed by atoms with Gasteiger partial charge >= 0.3 is 25.8 Å². The maximum Gasteiger partial charge on any atom is 4.00 e. The number of unbranched alkanes of at least 4 members (excludes halogenated alkanes) is 6. The second-order valence-electron chi connectivity index (χ2n) is 6.31. The Morgan fingerprint density at radius 1 is 1.04 bits per heavy atom. The number of hydrogen-bond acceptors (Lipinski definition) is 0. The van der Waals surface area contributed by atoms with Crippen molar-refractivity contribution in [1.29, 1.82) is 0 Å². The first-order chi connectivity index (χ1) is 12.8. The van der Waals surface area contributed by atoms with Gasteiger partial charge in [0.05, 0.1) is 0 Å². The minimum Gasteiger partial charge on any atom is -0.343 e. The third kappa shape index (κ3) is 30.5. The molecule has 2 aliphatic rings. The molecule has 0 aliphatic heterocycles. The van der Waals surface area contributed by atoms with E-state index in [0.717, 1.165) is 25.7 Å².